The van der Waals surface area contributed by atoms with Crippen LogP contribution in [0.15, 0.2) is 48.7 Å². The van der Waals surface area contributed by atoms with Crippen molar-refractivity contribution in [3.05, 3.63) is 48.7 Å². The molecule has 1 aliphatic carbocycles. The number of benzene rings is 1. The highest BCUT2D eigenvalue weighted by atomic mass is 32.2. The van der Waals surface area contributed by atoms with Gasteiger partial charge in [0.05, 0.1) is 10.9 Å². The highest BCUT2D eigenvalue weighted by molar-refractivity contribution is 7.90. The van der Waals surface area contributed by atoms with Crippen LogP contribution >= 0.6 is 0 Å². The molecule has 1 heterocycles. The molecule has 1 saturated carbocycles. The van der Waals surface area contributed by atoms with E-state index >= 15 is 0 Å². The Labute approximate surface area is 162 Å². The van der Waals surface area contributed by atoms with Crippen LogP contribution in [0.2, 0.25) is 0 Å². The van der Waals surface area contributed by atoms with E-state index in [9.17, 15) is 8.42 Å². The fourth-order valence-corrected chi connectivity index (χ4v) is 4.41. The molecule has 1 aromatic carbocycles. The van der Waals surface area contributed by atoms with Gasteiger partial charge in [-0.3, -0.25) is 4.98 Å². The Kier molecular flexibility index (Phi) is 6.50. The second-order valence-electron chi connectivity index (χ2n) is 7.61. The number of hydrogen-bond donors (Lipinski definition) is 2. The Balaban J connectivity index is 1.49. The number of anilines is 1. The van der Waals surface area contributed by atoms with Gasteiger partial charge in [-0.05, 0) is 69.7 Å². The summed E-state index contributed by atoms with van der Waals surface area (Å²) in [5, 5.41) is 3.17. The maximum atomic E-state index is 12.0. The van der Waals surface area contributed by atoms with E-state index in [0.29, 0.717) is 5.92 Å². The molecule has 2 N–H and O–H groups in total. The maximum Gasteiger partial charge on any atom is 0.214 e. The number of nitrogens with one attached hydrogen (secondary N) is 2. The predicted octanol–water partition coefficient (Wildman–Crippen LogP) is 4.05. The van der Waals surface area contributed by atoms with E-state index < -0.39 is 10.0 Å². The minimum atomic E-state index is -3.17. The van der Waals surface area contributed by atoms with E-state index in [1.54, 1.807) is 20.0 Å². The molecule has 0 aliphatic heterocycles. The number of pyridine rings is 1. The molecule has 27 heavy (non-hydrogen) atoms. The van der Waals surface area contributed by atoms with Crippen LogP contribution in [0.25, 0.3) is 11.3 Å². The molecular weight excluding hydrogens is 358 g/mol. The number of nitrogens with zero attached hydrogens (tertiary/aromatic N) is 1. The number of rotatable bonds is 7. The third kappa shape index (κ3) is 5.53. The van der Waals surface area contributed by atoms with E-state index in [1.165, 1.54) is 0 Å². The van der Waals surface area contributed by atoms with Crippen LogP contribution in [-0.2, 0) is 10.0 Å². The lowest BCUT2D eigenvalue weighted by Crippen LogP contribution is -2.41. The molecule has 1 fully saturated rings. The first-order valence-electron chi connectivity index (χ1n) is 9.70. The van der Waals surface area contributed by atoms with Gasteiger partial charge in [0.2, 0.25) is 10.0 Å². The molecule has 6 heteroatoms. The Morgan fingerprint density at radius 1 is 1.07 bits per heavy atom. The average molecular weight is 388 g/mol. The van der Waals surface area contributed by atoms with E-state index in [1.807, 2.05) is 24.3 Å². The predicted molar refractivity (Wildman–Crippen MR) is 111 cm³/mol. The van der Waals surface area contributed by atoms with Crippen LogP contribution in [0, 0.1) is 5.92 Å². The SMILES string of the molecule is CC(C)S(=O)(=O)NC1CCC(CNc2cccc(-c3ccccn3)c2)CC1. The summed E-state index contributed by atoms with van der Waals surface area (Å²) >= 11 is 0. The number of sulfonamides is 1. The average Bonchev–Trinajstić information content (AvgIpc) is 2.68. The van der Waals surface area contributed by atoms with Crippen LogP contribution < -0.4 is 10.0 Å². The van der Waals surface area contributed by atoms with Crippen molar-refractivity contribution in [1.29, 1.82) is 0 Å². The standard InChI is InChI=1S/C21H29N3O2S/c1-16(2)27(25,26)24-19-11-9-17(10-12-19)15-23-20-7-5-6-18(14-20)21-8-3-4-13-22-21/h3-8,13-14,16-17,19,23-24H,9-12,15H2,1-2H3. The van der Waals surface area contributed by atoms with Crippen LogP contribution in [0.4, 0.5) is 5.69 Å². The summed E-state index contributed by atoms with van der Waals surface area (Å²) in [5.41, 5.74) is 3.17. The van der Waals surface area contributed by atoms with Gasteiger partial charge in [-0.1, -0.05) is 18.2 Å². The van der Waals surface area contributed by atoms with Crippen LogP contribution in [0.1, 0.15) is 39.5 Å². The lowest BCUT2D eigenvalue weighted by molar-refractivity contribution is 0.323. The summed E-state index contributed by atoms with van der Waals surface area (Å²) in [6.07, 6.45) is 5.70. The zero-order valence-electron chi connectivity index (χ0n) is 16.1. The molecule has 0 saturated heterocycles. The quantitative estimate of drug-likeness (QED) is 0.752. The maximum absolute atomic E-state index is 12.0. The molecule has 0 unspecified atom stereocenters. The highest BCUT2D eigenvalue weighted by Gasteiger charge is 2.26. The van der Waals surface area contributed by atoms with E-state index in [4.69, 9.17) is 0 Å². The fourth-order valence-electron chi connectivity index (χ4n) is 3.44. The van der Waals surface area contributed by atoms with Gasteiger partial charge < -0.3 is 5.32 Å². The van der Waals surface area contributed by atoms with Gasteiger partial charge in [-0.2, -0.15) is 0 Å². The Bertz CT molecular complexity index is 830. The lowest BCUT2D eigenvalue weighted by Gasteiger charge is -2.29. The fraction of sp³-hybridized carbons (Fsp3) is 0.476. The van der Waals surface area contributed by atoms with E-state index in [0.717, 1.165) is 49.2 Å². The van der Waals surface area contributed by atoms with Crippen molar-refractivity contribution in [3.63, 3.8) is 0 Å². The first-order chi connectivity index (χ1) is 12.9. The highest BCUT2D eigenvalue weighted by Crippen LogP contribution is 2.26. The summed E-state index contributed by atoms with van der Waals surface area (Å²) in [4.78, 5) is 4.41. The molecule has 0 radical (unpaired) electrons. The largest absolute Gasteiger partial charge is 0.385 e. The number of hydrogen-bond acceptors (Lipinski definition) is 4. The summed E-state index contributed by atoms with van der Waals surface area (Å²) in [7, 11) is -3.17. The van der Waals surface area contributed by atoms with Crippen molar-refractivity contribution in [2.45, 2.75) is 50.8 Å². The van der Waals surface area contributed by atoms with Crippen molar-refractivity contribution >= 4 is 15.7 Å². The van der Waals surface area contributed by atoms with Crippen molar-refractivity contribution in [2.24, 2.45) is 5.92 Å². The topological polar surface area (TPSA) is 71.1 Å². The minimum absolute atomic E-state index is 0.0844. The summed E-state index contributed by atoms with van der Waals surface area (Å²) in [6.45, 7) is 4.35. The first-order valence-corrected chi connectivity index (χ1v) is 11.2. The zero-order valence-corrected chi connectivity index (χ0v) is 16.9. The Morgan fingerprint density at radius 2 is 1.85 bits per heavy atom. The second kappa shape index (κ2) is 8.85. The molecule has 0 spiro atoms. The first kappa shape index (κ1) is 19.8. The van der Waals surface area contributed by atoms with Gasteiger partial charge >= 0.3 is 0 Å². The van der Waals surface area contributed by atoms with Gasteiger partial charge in [0.25, 0.3) is 0 Å². The molecule has 1 aromatic heterocycles. The van der Waals surface area contributed by atoms with Gasteiger partial charge in [-0.25, -0.2) is 13.1 Å². The summed E-state index contributed by atoms with van der Waals surface area (Å²) in [6, 6.07) is 14.3. The smallest absolute Gasteiger partial charge is 0.214 e. The third-order valence-electron chi connectivity index (χ3n) is 5.22. The molecule has 3 rings (SSSR count). The van der Waals surface area contributed by atoms with Gasteiger partial charge in [0, 0.05) is 30.0 Å². The Morgan fingerprint density at radius 3 is 2.52 bits per heavy atom. The molecule has 146 valence electrons. The van der Waals surface area contributed by atoms with Crippen molar-refractivity contribution in [1.82, 2.24) is 9.71 Å². The second-order valence-corrected chi connectivity index (χ2v) is 9.87. The molecule has 0 bridgehead atoms. The van der Waals surface area contributed by atoms with Crippen molar-refractivity contribution in [3.8, 4) is 11.3 Å². The van der Waals surface area contributed by atoms with E-state index in [2.05, 4.69) is 33.2 Å². The zero-order chi connectivity index (χ0) is 19.3. The van der Waals surface area contributed by atoms with E-state index in [-0.39, 0.29) is 11.3 Å². The third-order valence-corrected chi connectivity index (χ3v) is 7.12. The minimum Gasteiger partial charge on any atom is -0.385 e. The normalized spacial score (nSPS) is 20.6. The van der Waals surface area contributed by atoms with Crippen molar-refractivity contribution < 1.29 is 8.42 Å². The summed E-state index contributed by atoms with van der Waals surface area (Å²) < 4.78 is 26.9. The van der Waals surface area contributed by atoms with Gasteiger partial charge in [-0.15, -0.1) is 0 Å². The lowest BCUT2D eigenvalue weighted by atomic mass is 9.86. The van der Waals surface area contributed by atoms with Gasteiger partial charge in [0.15, 0.2) is 0 Å². The molecule has 1 aliphatic rings. The molecular formula is C21H29N3O2S. The number of aromatic nitrogens is 1. The van der Waals surface area contributed by atoms with Crippen LogP contribution in [0.3, 0.4) is 0 Å². The molecule has 5 nitrogen and oxygen atoms in total. The monoisotopic (exact) mass is 387 g/mol. The van der Waals surface area contributed by atoms with Crippen molar-refractivity contribution in [2.75, 3.05) is 11.9 Å². The van der Waals surface area contributed by atoms with Gasteiger partial charge in [0.1, 0.15) is 0 Å². The summed E-state index contributed by atoms with van der Waals surface area (Å²) in [5.74, 6) is 0.573. The Hall–Kier alpha value is -1.92. The molecule has 2 aromatic rings. The van der Waals surface area contributed by atoms with Crippen LogP contribution in [-0.4, -0.2) is 31.2 Å². The molecule has 0 atom stereocenters. The molecule has 0 amide bonds. The van der Waals surface area contributed by atoms with Crippen LogP contribution in [0.5, 0.6) is 0 Å².